The summed E-state index contributed by atoms with van der Waals surface area (Å²) in [5.41, 5.74) is 7.59. The van der Waals surface area contributed by atoms with Crippen LogP contribution in [-0.4, -0.2) is 19.9 Å². The molecule has 3 aromatic heterocycles. The number of nitrogen functional groups attached to an aromatic ring is 1. The third kappa shape index (κ3) is 3.26. The Morgan fingerprint density at radius 3 is 2.64 bits per heavy atom. The molecule has 22 heavy (non-hydrogen) atoms. The lowest BCUT2D eigenvalue weighted by atomic mass is 10.3. The average molecular weight is 293 g/mol. The second-order valence-corrected chi connectivity index (χ2v) is 4.54. The minimum Gasteiger partial charge on any atom is -0.393 e. The maximum Gasteiger partial charge on any atom is 0.160 e. The maximum atomic E-state index is 6.10. The smallest absolute Gasteiger partial charge is 0.160 e. The van der Waals surface area contributed by atoms with Crippen molar-refractivity contribution in [2.24, 2.45) is 0 Å². The highest BCUT2D eigenvalue weighted by molar-refractivity contribution is 5.76. The molecule has 0 fully saturated rings. The van der Waals surface area contributed by atoms with Gasteiger partial charge in [-0.15, -0.1) is 0 Å². The van der Waals surface area contributed by atoms with Gasteiger partial charge in [-0.25, -0.2) is 15.0 Å². The van der Waals surface area contributed by atoms with Crippen LogP contribution in [0.2, 0.25) is 0 Å². The highest BCUT2D eigenvalue weighted by atomic mass is 15.1. The molecule has 0 amide bonds. The van der Waals surface area contributed by atoms with Crippen LogP contribution in [-0.2, 0) is 6.54 Å². The molecule has 0 saturated carbocycles. The lowest BCUT2D eigenvalue weighted by Crippen LogP contribution is -2.08. The molecule has 3 rings (SSSR count). The number of anilines is 4. The molecule has 110 valence electrons. The van der Waals surface area contributed by atoms with Gasteiger partial charge in [0.1, 0.15) is 17.8 Å². The van der Waals surface area contributed by atoms with Gasteiger partial charge in [0.05, 0.1) is 0 Å². The van der Waals surface area contributed by atoms with Crippen LogP contribution in [0.25, 0.3) is 0 Å². The summed E-state index contributed by atoms with van der Waals surface area (Å²) in [4.78, 5) is 16.6. The highest BCUT2D eigenvalue weighted by Gasteiger charge is 2.08. The number of nitrogens with one attached hydrogen (secondary N) is 2. The Labute approximate surface area is 127 Å². The van der Waals surface area contributed by atoms with Gasteiger partial charge in [0.2, 0.25) is 0 Å². The van der Waals surface area contributed by atoms with Crippen LogP contribution in [0, 0.1) is 0 Å². The van der Waals surface area contributed by atoms with Crippen molar-refractivity contribution in [3.8, 4) is 0 Å². The van der Waals surface area contributed by atoms with Crippen molar-refractivity contribution in [1.29, 1.82) is 0 Å². The number of rotatable bonds is 5. The molecule has 0 aliphatic heterocycles. The Balaban J connectivity index is 1.74. The van der Waals surface area contributed by atoms with Crippen molar-refractivity contribution in [3.63, 3.8) is 0 Å². The van der Waals surface area contributed by atoms with Crippen LogP contribution in [0.1, 0.15) is 5.56 Å². The first kappa shape index (κ1) is 13.7. The molecule has 3 heterocycles. The zero-order valence-electron chi connectivity index (χ0n) is 11.8. The molecule has 4 N–H and O–H groups in total. The molecular weight excluding hydrogens is 278 g/mol. The van der Waals surface area contributed by atoms with E-state index in [0.29, 0.717) is 29.7 Å². The van der Waals surface area contributed by atoms with Crippen molar-refractivity contribution in [2.45, 2.75) is 6.54 Å². The molecule has 0 spiro atoms. The number of pyridine rings is 2. The second-order valence-electron chi connectivity index (χ2n) is 4.54. The molecule has 0 unspecified atom stereocenters. The van der Waals surface area contributed by atoms with Crippen molar-refractivity contribution in [3.05, 3.63) is 60.8 Å². The molecule has 0 radical (unpaired) electrons. The normalized spacial score (nSPS) is 10.2. The van der Waals surface area contributed by atoms with Gasteiger partial charge < -0.3 is 16.4 Å². The molecule has 0 bridgehead atoms. The largest absolute Gasteiger partial charge is 0.393 e. The summed E-state index contributed by atoms with van der Waals surface area (Å²) >= 11 is 0. The molecule has 0 aromatic carbocycles. The fraction of sp³-hybridized carbons (Fsp3) is 0.0667. The molecule has 0 atom stereocenters. The van der Waals surface area contributed by atoms with Crippen LogP contribution in [0.5, 0.6) is 0 Å². The van der Waals surface area contributed by atoms with Gasteiger partial charge in [-0.1, -0.05) is 12.1 Å². The Kier molecular flexibility index (Phi) is 4.05. The van der Waals surface area contributed by atoms with Crippen molar-refractivity contribution in [1.82, 2.24) is 19.9 Å². The van der Waals surface area contributed by atoms with Crippen molar-refractivity contribution >= 4 is 23.1 Å². The quantitative estimate of drug-likeness (QED) is 0.662. The van der Waals surface area contributed by atoms with Crippen LogP contribution < -0.4 is 16.4 Å². The van der Waals surface area contributed by atoms with Crippen LogP contribution in [0.3, 0.4) is 0 Å². The van der Waals surface area contributed by atoms with E-state index in [1.54, 1.807) is 18.6 Å². The van der Waals surface area contributed by atoms with Gasteiger partial charge in [0, 0.05) is 25.1 Å². The first-order valence-corrected chi connectivity index (χ1v) is 6.74. The van der Waals surface area contributed by atoms with E-state index in [-0.39, 0.29) is 0 Å². The molecule has 0 aliphatic carbocycles. The van der Waals surface area contributed by atoms with Crippen molar-refractivity contribution < 1.29 is 0 Å². The third-order valence-corrected chi connectivity index (χ3v) is 2.98. The standard InChI is InChI=1S/C15H15N7/c16-13-14(19-9-11-4-3-6-17-8-11)20-10-21-15(13)22-12-5-1-2-7-18-12/h1-8,10H,9,16H2,(H2,18,19,20,21,22). The summed E-state index contributed by atoms with van der Waals surface area (Å²) in [6.45, 7) is 0.581. The number of hydrogen-bond donors (Lipinski definition) is 3. The zero-order valence-corrected chi connectivity index (χ0v) is 11.8. The van der Waals surface area contributed by atoms with E-state index in [1.165, 1.54) is 6.33 Å². The van der Waals surface area contributed by atoms with E-state index in [1.807, 2.05) is 30.3 Å². The predicted molar refractivity (Wildman–Crippen MR) is 85.5 cm³/mol. The lowest BCUT2D eigenvalue weighted by molar-refractivity contribution is 1.07. The van der Waals surface area contributed by atoms with Gasteiger partial charge >= 0.3 is 0 Å². The SMILES string of the molecule is Nc1c(NCc2cccnc2)ncnc1Nc1ccccn1. The number of aromatic nitrogens is 4. The zero-order chi connectivity index (χ0) is 15.2. The summed E-state index contributed by atoms with van der Waals surface area (Å²) in [5, 5.41) is 6.25. The third-order valence-electron chi connectivity index (χ3n) is 2.98. The second kappa shape index (κ2) is 6.49. The summed E-state index contributed by atoms with van der Waals surface area (Å²) in [6, 6.07) is 9.42. The van der Waals surface area contributed by atoms with E-state index in [2.05, 4.69) is 30.6 Å². The number of nitrogens with zero attached hydrogens (tertiary/aromatic N) is 4. The Morgan fingerprint density at radius 2 is 1.86 bits per heavy atom. The van der Waals surface area contributed by atoms with Gasteiger partial charge in [-0.3, -0.25) is 4.98 Å². The summed E-state index contributed by atoms with van der Waals surface area (Å²) < 4.78 is 0. The molecule has 7 nitrogen and oxygen atoms in total. The van der Waals surface area contributed by atoms with Gasteiger partial charge in [-0.05, 0) is 23.8 Å². The fourth-order valence-corrected chi connectivity index (χ4v) is 1.88. The fourth-order valence-electron chi connectivity index (χ4n) is 1.88. The molecular formula is C15H15N7. The monoisotopic (exact) mass is 293 g/mol. The average Bonchev–Trinajstić information content (AvgIpc) is 2.58. The molecule has 3 aromatic rings. The predicted octanol–water partition coefficient (Wildman–Crippen LogP) is 2.20. The first-order chi connectivity index (χ1) is 10.8. The number of nitrogens with two attached hydrogens (primary N) is 1. The summed E-state index contributed by atoms with van der Waals surface area (Å²) in [6.07, 6.45) is 6.67. The van der Waals surface area contributed by atoms with E-state index >= 15 is 0 Å². The van der Waals surface area contributed by atoms with Gasteiger partial charge in [0.15, 0.2) is 11.6 Å². The minimum absolute atomic E-state index is 0.442. The Bertz CT molecular complexity index is 731. The topological polar surface area (TPSA) is 102 Å². The lowest BCUT2D eigenvalue weighted by Gasteiger charge is -2.12. The van der Waals surface area contributed by atoms with Crippen LogP contribution in [0.15, 0.2) is 55.2 Å². The van der Waals surface area contributed by atoms with Gasteiger partial charge in [-0.2, -0.15) is 0 Å². The van der Waals surface area contributed by atoms with E-state index in [9.17, 15) is 0 Å². The van der Waals surface area contributed by atoms with Crippen LogP contribution >= 0.6 is 0 Å². The Hall–Kier alpha value is -3.22. The summed E-state index contributed by atoms with van der Waals surface area (Å²) in [7, 11) is 0. The molecule has 0 saturated heterocycles. The highest BCUT2D eigenvalue weighted by Crippen LogP contribution is 2.25. The minimum atomic E-state index is 0.442. The van der Waals surface area contributed by atoms with E-state index in [0.717, 1.165) is 5.56 Å². The van der Waals surface area contributed by atoms with Crippen LogP contribution in [0.4, 0.5) is 23.1 Å². The summed E-state index contributed by atoms with van der Waals surface area (Å²) in [5.74, 6) is 1.76. The molecule has 0 aliphatic rings. The Morgan fingerprint density at radius 1 is 0.955 bits per heavy atom. The van der Waals surface area contributed by atoms with E-state index < -0.39 is 0 Å². The number of hydrogen-bond acceptors (Lipinski definition) is 7. The van der Waals surface area contributed by atoms with Gasteiger partial charge in [0.25, 0.3) is 0 Å². The van der Waals surface area contributed by atoms with Crippen molar-refractivity contribution in [2.75, 3.05) is 16.4 Å². The molecule has 7 heteroatoms. The first-order valence-electron chi connectivity index (χ1n) is 6.74. The van der Waals surface area contributed by atoms with E-state index in [4.69, 9.17) is 5.73 Å². The maximum absolute atomic E-state index is 6.10.